The minimum Gasteiger partial charge on any atom is -0.507 e. The fraction of sp³-hybridized carbons (Fsp3) is 0.100. The summed E-state index contributed by atoms with van der Waals surface area (Å²) in [6.07, 6.45) is 0. The standard InChI is InChI=1S/C20H16F2N2O3/c1-12(13-6-8-16(9-7-13)27-20(21)22)23-24-19(26)17-10-14-4-2-3-5-15(14)11-18(17)25/h2-11,20,25H,1H3,(H,24,26)/b23-12+. The summed E-state index contributed by atoms with van der Waals surface area (Å²) in [5.41, 5.74) is 3.58. The van der Waals surface area contributed by atoms with Gasteiger partial charge in [0.2, 0.25) is 0 Å². The highest BCUT2D eigenvalue weighted by molar-refractivity contribution is 6.03. The highest BCUT2D eigenvalue weighted by Gasteiger charge is 2.12. The molecular weight excluding hydrogens is 354 g/mol. The Labute approximate surface area is 153 Å². The molecule has 3 rings (SSSR count). The van der Waals surface area contributed by atoms with Gasteiger partial charge in [0.15, 0.2) is 0 Å². The Balaban J connectivity index is 1.75. The molecule has 0 aliphatic carbocycles. The van der Waals surface area contributed by atoms with Crippen LogP contribution in [-0.2, 0) is 0 Å². The smallest absolute Gasteiger partial charge is 0.387 e. The molecule has 7 heteroatoms. The van der Waals surface area contributed by atoms with E-state index < -0.39 is 12.5 Å². The number of hydrogen-bond donors (Lipinski definition) is 2. The lowest BCUT2D eigenvalue weighted by Gasteiger charge is -2.08. The van der Waals surface area contributed by atoms with Gasteiger partial charge in [0.25, 0.3) is 5.91 Å². The number of fused-ring (bicyclic) bond motifs is 1. The number of carbonyl (C=O) groups is 1. The topological polar surface area (TPSA) is 70.9 Å². The minimum absolute atomic E-state index is 0.0340. The van der Waals surface area contributed by atoms with Gasteiger partial charge in [0.05, 0.1) is 11.3 Å². The number of phenolic OH excluding ortho intramolecular Hbond substituents is 1. The lowest BCUT2D eigenvalue weighted by molar-refractivity contribution is -0.0498. The summed E-state index contributed by atoms with van der Waals surface area (Å²) < 4.78 is 28.6. The van der Waals surface area contributed by atoms with Crippen molar-refractivity contribution in [3.8, 4) is 11.5 Å². The molecule has 0 saturated carbocycles. The molecule has 0 spiro atoms. The molecule has 0 fully saturated rings. The SMILES string of the molecule is C/C(=N\NC(=O)c1cc2ccccc2cc1O)c1ccc(OC(F)F)cc1. The average molecular weight is 370 g/mol. The van der Waals surface area contributed by atoms with E-state index >= 15 is 0 Å². The van der Waals surface area contributed by atoms with Crippen LogP contribution in [0.4, 0.5) is 8.78 Å². The maximum Gasteiger partial charge on any atom is 0.387 e. The number of phenols is 1. The second-order valence-corrected chi connectivity index (χ2v) is 5.76. The van der Waals surface area contributed by atoms with Crippen LogP contribution in [0.2, 0.25) is 0 Å². The molecule has 0 aliphatic rings. The quantitative estimate of drug-likeness (QED) is 0.520. The summed E-state index contributed by atoms with van der Waals surface area (Å²) in [4.78, 5) is 12.3. The fourth-order valence-electron chi connectivity index (χ4n) is 2.55. The molecule has 0 saturated heterocycles. The molecule has 1 amide bonds. The molecule has 2 N–H and O–H groups in total. The van der Waals surface area contributed by atoms with Crippen LogP contribution in [0.1, 0.15) is 22.8 Å². The van der Waals surface area contributed by atoms with E-state index in [1.165, 1.54) is 18.2 Å². The number of hydrazone groups is 1. The van der Waals surface area contributed by atoms with E-state index in [0.29, 0.717) is 11.3 Å². The van der Waals surface area contributed by atoms with Gasteiger partial charge < -0.3 is 9.84 Å². The maximum atomic E-state index is 12.3. The molecule has 0 aliphatic heterocycles. The number of nitrogens with zero attached hydrogens (tertiary/aromatic N) is 1. The van der Waals surface area contributed by atoms with Gasteiger partial charge in [-0.3, -0.25) is 4.79 Å². The van der Waals surface area contributed by atoms with Crippen molar-refractivity contribution < 1.29 is 23.4 Å². The zero-order valence-corrected chi connectivity index (χ0v) is 14.3. The van der Waals surface area contributed by atoms with Crippen LogP contribution < -0.4 is 10.2 Å². The van der Waals surface area contributed by atoms with Crippen molar-refractivity contribution in [1.82, 2.24) is 5.43 Å². The van der Waals surface area contributed by atoms with Gasteiger partial charge in [-0.2, -0.15) is 13.9 Å². The molecule has 0 heterocycles. The van der Waals surface area contributed by atoms with Crippen molar-refractivity contribution >= 4 is 22.4 Å². The van der Waals surface area contributed by atoms with Gasteiger partial charge in [0, 0.05) is 0 Å². The summed E-state index contributed by atoms with van der Waals surface area (Å²) >= 11 is 0. The lowest BCUT2D eigenvalue weighted by Crippen LogP contribution is -2.19. The Morgan fingerprint density at radius 1 is 1.07 bits per heavy atom. The molecule has 3 aromatic rings. The van der Waals surface area contributed by atoms with Crippen molar-refractivity contribution in [2.45, 2.75) is 13.5 Å². The van der Waals surface area contributed by atoms with Crippen molar-refractivity contribution in [2.75, 3.05) is 0 Å². The van der Waals surface area contributed by atoms with E-state index in [1.54, 1.807) is 25.1 Å². The molecule has 0 aromatic heterocycles. The van der Waals surface area contributed by atoms with Crippen molar-refractivity contribution in [3.05, 3.63) is 71.8 Å². The van der Waals surface area contributed by atoms with Crippen molar-refractivity contribution in [2.24, 2.45) is 5.10 Å². The molecule has 0 bridgehead atoms. The molecule has 5 nitrogen and oxygen atoms in total. The number of hydrogen-bond acceptors (Lipinski definition) is 4. The highest BCUT2D eigenvalue weighted by Crippen LogP contribution is 2.25. The van der Waals surface area contributed by atoms with E-state index in [-0.39, 0.29) is 17.1 Å². The van der Waals surface area contributed by atoms with Crippen molar-refractivity contribution in [1.29, 1.82) is 0 Å². The largest absolute Gasteiger partial charge is 0.507 e. The third-order valence-corrected chi connectivity index (χ3v) is 3.93. The van der Waals surface area contributed by atoms with Crippen LogP contribution in [0.3, 0.4) is 0 Å². The number of aromatic hydroxyl groups is 1. The zero-order valence-electron chi connectivity index (χ0n) is 14.3. The summed E-state index contributed by atoms with van der Waals surface area (Å²) in [7, 11) is 0. The molecule has 3 aromatic carbocycles. The molecular formula is C20H16F2N2O3. The first-order chi connectivity index (χ1) is 12.9. The van der Waals surface area contributed by atoms with Gasteiger partial charge in [-0.05, 0) is 59.7 Å². The Bertz CT molecular complexity index is 1000. The number of benzene rings is 3. The summed E-state index contributed by atoms with van der Waals surface area (Å²) in [5.74, 6) is -0.672. The van der Waals surface area contributed by atoms with Crippen LogP contribution in [0, 0.1) is 0 Å². The van der Waals surface area contributed by atoms with E-state index in [1.807, 2.05) is 24.3 Å². The Morgan fingerprint density at radius 2 is 1.70 bits per heavy atom. The van der Waals surface area contributed by atoms with E-state index in [2.05, 4.69) is 15.3 Å². The second kappa shape index (κ2) is 7.82. The van der Waals surface area contributed by atoms with Gasteiger partial charge in [-0.15, -0.1) is 0 Å². The lowest BCUT2D eigenvalue weighted by atomic mass is 10.1. The molecule has 0 radical (unpaired) electrons. The van der Waals surface area contributed by atoms with Crippen molar-refractivity contribution in [3.63, 3.8) is 0 Å². The molecule has 27 heavy (non-hydrogen) atoms. The Hall–Kier alpha value is -3.48. The Morgan fingerprint density at radius 3 is 2.33 bits per heavy atom. The first kappa shape index (κ1) is 18.3. The number of carbonyl (C=O) groups excluding carboxylic acids is 1. The number of halogens is 2. The molecule has 0 unspecified atom stereocenters. The van der Waals surface area contributed by atoms with Crippen LogP contribution in [0.15, 0.2) is 65.8 Å². The second-order valence-electron chi connectivity index (χ2n) is 5.76. The predicted octanol–water partition coefficient (Wildman–Crippen LogP) is 4.30. The normalized spacial score (nSPS) is 11.6. The monoisotopic (exact) mass is 370 g/mol. The third-order valence-electron chi connectivity index (χ3n) is 3.93. The van der Waals surface area contributed by atoms with Gasteiger partial charge >= 0.3 is 6.61 Å². The fourth-order valence-corrected chi connectivity index (χ4v) is 2.55. The van der Waals surface area contributed by atoms with Crippen LogP contribution in [-0.4, -0.2) is 23.3 Å². The number of alkyl halides is 2. The van der Waals surface area contributed by atoms with E-state index in [9.17, 15) is 18.7 Å². The van der Waals surface area contributed by atoms with E-state index in [4.69, 9.17) is 0 Å². The van der Waals surface area contributed by atoms with Gasteiger partial charge in [0.1, 0.15) is 11.5 Å². The van der Waals surface area contributed by atoms with Crippen LogP contribution >= 0.6 is 0 Å². The number of amides is 1. The van der Waals surface area contributed by atoms with Gasteiger partial charge in [-0.25, -0.2) is 5.43 Å². The van der Waals surface area contributed by atoms with Crippen LogP contribution in [0.25, 0.3) is 10.8 Å². The van der Waals surface area contributed by atoms with E-state index in [0.717, 1.165) is 10.8 Å². The number of nitrogens with one attached hydrogen (secondary N) is 1. The van der Waals surface area contributed by atoms with Gasteiger partial charge in [-0.1, -0.05) is 24.3 Å². The number of rotatable bonds is 5. The molecule has 0 atom stereocenters. The Kier molecular flexibility index (Phi) is 5.30. The summed E-state index contributed by atoms with van der Waals surface area (Å²) in [5, 5.41) is 15.7. The third kappa shape index (κ3) is 4.38. The van der Waals surface area contributed by atoms with Crippen LogP contribution in [0.5, 0.6) is 11.5 Å². The summed E-state index contributed by atoms with van der Waals surface area (Å²) in [6, 6.07) is 16.3. The minimum atomic E-state index is -2.89. The zero-order chi connectivity index (χ0) is 19.4. The highest BCUT2D eigenvalue weighted by atomic mass is 19.3. The molecule has 138 valence electrons. The first-order valence-corrected chi connectivity index (χ1v) is 8.05. The predicted molar refractivity (Wildman–Crippen MR) is 98.4 cm³/mol. The number of ether oxygens (including phenoxy) is 1. The first-order valence-electron chi connectivity index (χ1n) is 8.05. The average Bonchev–Trinajstić information content (AvgIpc) is 2.65. The summed E-state index contributed by atoms with van der Waals surface area (Å²) in [6.45, 7) is -1.23. The maximum absolute atomic E-state index is 12.3.